The average molecular weight is 170 g/mol. The Morgan fingerprint density at radius 2 is 2.42 bits per heavy atom. The van der Waals surface area contributed by atoms with Gasteiger partial charge in [0, 0.05) is 5.92 Å². The van der Waals surface area contributed by atoms with Gasteiger partial charge in [-0.15, -0.1) is 6.58 Å². The van der Waals surface area contributed by atoms with Crippen molar-refractivity contribution >= 4 is 0 Å². The van der Waals surface area contributed by atoms with Gasteiger partial charge < -0.3 is 9.84 Å². The number of ether oxygens (including phenoxy) is 1. The molecule has 0 aromatic rings. The lowest BCUT2D eigenvalue weighted by atomic mass is 9.95. The van der Waals surface area contributed by atoms with E-state index in [-0.39, 0.29) is 6.10 Å². The molecule has 2 nitrogen and oxygen atoms in total. The quantitative estimate of drug-likeness (QED) is 0.654. The molecule has 0 aromatic heterocycles. The minimum Gasteiger partial charge on any atom is -0.392 e. The van der Waals surface area contributed by atoms with Gasteiger partial charge in [0.25, 0.3) is 0 Å². The third-order valence-electron chi connectivity index (χ3n) is 2.33. The normalized spacial score (nSPS) is 31.9. The Bertz CT molecular complexity index is 165. The van der Waals surface area contributed by atoms with Crippen LogP contribution in [-0.4, -0.2) is 23.9 Å². The van der Waals surface area contributed by atoms with Crippen LogP contribution in [0.4, 0.5) is 0 Å². The molecule has 0 bridgehead atoms. The first-order valence-corrected chi connectivity index (χ1v) is 4.53. The van der Waals surface area contributed by atoms with E-state index in [2.05, 4.69) is 6.58 Å². The molecule has 0 radical (unpaired) electrons. The molecule has 2 heteroatoms. The summed E-state index contributed by atoms with van der Waals surface area (Å²) < 4.78 is 5.38. The van der Waals surface area contributed by atoms with Gasteiger partial charge in [0.2, 0.25) is 0 Å². The second-order valence-electron chi connectivity index (χ2n) is 3.87. The molecule has 0 aliphatic carbocycles. The fourth-order valence-corrected chi connectivity index (χ4v) is 1.64. The lowest BCUT2D eigenvalue weighted by Gasteiger charge is -2.15. The number of aliphatic hydroxyl groups excluding tert-OH is 1. The Labute approximate surface area is 74.2 Å². The molecule has 0 spiro atoms. The highest BCUT2D eigenvalue weighted by atomic mass is 16.5. The molecule has 70 valence electrons. The molecule has 3 unspecified atom stereocenters. The fraction of sp³-hybridized carbons (Fsp3) is 0.800. The Kier molecular flexibility index (Phi) is 3.29. The summed E-state index contributed by atoms with van der Waals surface area (Å²) in [4.78, 5) is 0. The predicted molar refractivity (Wildman–Crippen MR) is 49.0 cm³/mol. The lowest BCUT2D eigenvalue weighted by Crippen LogP contribution is -2.20. The molecular weight excluding hydrogens is 152 g/mol. The van der Waals surface area contributed by atoms with E-state index in [4.69, 9.17) is 4.74 Å². The molecule has 12 heavy (non-hydrogen) atoms. The summed E-state index contributed by atoms with van der Waals surface area (Å²) >= 11 is 0. The van der Waals surface area contributed by atoms with Gasteiger partial charge >= 0.3 is 0 Å². The number of aliphatic hydroxyl groups is 1. The van der Waals surface area contributed by atoms with Gasteiger partial charge in [0.1, 0.15) is 0 Å². The van der Waals surface area contributed by atoms with Crippen molar-refractivity contribution in [3.8, 4) is 0 Å². The van der Waals surface area contributed by atoms with Crippen LogP contribution in [-0.2, 0) is 4.74 Å². The highest BCUT2D eigenvalue weighted by Gasteiger charge is 2.27. The zero-order chi connectivity index (χ0) is 9.14. The van der Waals surface area contributed by atoms with Crippen molar-refractivity contribution in [1.29, 1.82) is 0 Å². The van der Waals surface area contributed by atoms with Crippen LogP contribution in [0.1, 0.15) is 26.7 Å². The van der Waals surface area contributed by atoms with E-state index in [0.29, 0.717) is 25.0 Å². The van der Waals surface area contributed by atoms with Crippen LogP contribution < -0.4 is 0 Å². The van der Waals surface area contributed by atoms with Crippen molar-refractivity contribution < 1.29 is 9.84 Å². The third kappa shape index (κ3) is 2.61. The monoisotopic (exact) mass is 170 g/mol. The van der Waals surface area contributed by atoms with Crippen molar-refractivity contribution in [1.82, 2.24) is 0 Å². The maximum absolute atomic E-state index is 9.70. The minimum atomic E-state index is -0.257. The van der Waals surface area contributed by atoms with E-state index in [9.17, 15) is 5.11 Å². The van der Waals surface area contributed by atoms with Gasteiger partial charge in [-0.2, -0.15) is 0 Å². The maximum atomic E-state index is 9.70. The molecule has 1 fully saturated rings. The molecule has 1 heterocycles. The van der Waals surface area contributed by atoms with Gasteiger partial charge in [-0.05, 0) is 26.7 Å². The van der Waals surface area contributed by atoms with Crippen LogP contribution in [0.25, 0.3) is 0 Å². The zero-order valence-corrected chi connectivity index (χ0v) is 7.92. The van der Waals surface area contributed by atoms with Gasteiger partial charge in [-0.3, -0.25) is 0 Å². The molecular formula is C10H18O2. The summed E-state index contributed by atoms with van der Waals surface area (Å²) in [5.41, 5.74) is 1.04. The first-order chi connectivity index (χ1) is 5.59. The highest BCUT2D eigenvalue weighted by molar-refractivity contribution is 4.93. The summed E-state index contributed by atoms with van der Waals surface area (Å²) in [6.45, 7) is 8.48. The molecule has 1 saturated heterocycles. The molecule has 3 atom stereocenters. The summed E-state index contributed by atoms with van der Waals surface area (Å²) in [6, 6.07) is 0. The summed E-state index contributed by atoms with van der Waals surface area (Å²) in [6.07, 6.45) is 1.75. The number of hydrogen-bond acceptors (Lipinski definition) is 2. The minimum absolute atomic E-state index is 0.257. The SMILES string of the molecule is C=C(C)CC(O)C1COC(C)C1. The van der Waals surface area contributed by atoms with Crippen molar-refractivity contribution in [2.45, 2.75) is 38.9 Å². The van der Waals surface area contributed by atoms with E-state index in [1.807, 2.05) is 13.8 Å². The molecule has 1 rings (SSSR count). The average Bonchev–Trinajstić information content (AvgIpc) is 2.34. The molecule has 0 aromatic carbocycles. The van der Waals surface area contributed by atoms with Crippen molar-refractivity contribution in [2.75, 3.05) is 6.61 Å². The Morgan fingerprint density at radius 1 is 1.75 bits per heavy atom. The molecule has 1 N–H and O–H groups in total. The van der Waals surface area contributed by atoms with E-state index >= 15 is 0 Å². The molecule has 1 aliphatic heterocycles. The molecule has 0 amide bonds. The van der Waals surface area contributed by atoms with Crippen molar-refractivity contribution in [2.24, 2.45) is 5.92 Å². The topological polar surface area (TPSA) is 29.5 Å². The van der Waals surface area contributed by atoms with E-state index in [1.165, 1.54) is 0 Å². The Morgan fingerprint density at radius 3 is 2.83 bits per heavy atom. The number of hydrogen-bond donors (Lipinski definition) is 1. The third-order valence-corrected chi connectivity index (χ3v) is 2.33. The summed E-state index contributed by atoms with van der Waals surface area (Å²) in [5, 5.41) is 9.70. The van der Waals surface area contributed by atoms with Crippen LogP contribution in [0.5, 0.6) is 0 Å². The van der Waals surface area contributed by atoms with Gasteiger partial charge in [0.05, 0.1) is 18.8 Å². The first-order valence-electron chi connectivity index (χ1n) is 4.53. The smallest absolute Gasteiger partial charge is 0.0628 e. The van der Waals surface area contributed by atoms with Gasteiger partial charge in [-0.1, -0.05) is 5.57 Å². The highest BCUT2D eigenvalue weighted by Crippen LogP contribution is 2.24. The van der Waals surface area contributed by atoms with Crippen molar-refractivity contribution in [3.63, 3.8) is 0 Å². The largest absolute Gasteiger partial charge is 0.392 e. The Hall–Kier alpha value is -0.340. The van der Waals surface area contributed by atoms with Crippen LogP contribution in [0.3, 0.4) is 0 Å². The molecule has 1 aliphatic rings. The van der Waals surface area contributed by atoms with Crippen LogP contribution >= 0.6 is 0 Å². The first kappa shape index (κ1) is 9.75. The van der Waals surface area contributed by atoms with Crippen LogP contribution in [0.15, 0.2) is 12.2 Å². The van der Waals surface area contributed by atoms with E-state index < -0.39 is 0 Å². The number of rotatable bonds is 3. The van der Waals surface area contributed by atoms with Gasteiger partial charge in [-0.25, -0.2) is 0 Å². The summed E-state index contributed by atoms with van der Waals surface area (Å²) in [5.74, 6) is 0.316. The van der Waals surface area contributed by atoms with E-state index in [0.717, 1.165) is 12.0 Å². The second-order valence-corrected chi connectivity index (χ2v) is 3.87. The second kappa shape index (κ2) is 4.06. The maximum Gasteiger partial charge on any atom is 0.0628 e. The fourth-order valence-electron chi connectivity index (χ4n) is 1.64. The van der Waals surface area contributed by atoms with Crippen molar-refractivity contribution in [3.05, 3.63) is 12.2 Å². The van der Waals surface area contributed by atoms with Gasteiger partial charge in [0.15, 0.2) is 0 Å². The van der Waals surface area contributed by atoms with Crippen LogP contribution in [0, 0.1) is 5.92 Å². The van der Waals surface area contributed by atoms with E-state index in [1.54, 1.807) is 0 Å². The summed E-state index contributed by atoms with van der Waals surface area (Å²) in [7, 11) is 0. The zero-order valence-electron chi connectivity index (χ0n) is 7.92. The lowest BCUT2D eigenvalue weighted by molar-refractivity contribution is 0.0807. The van der Waals surface area contributed by atoms with Crippen LogP contribution in [0.2, 0.25) is 0 Å². The predicted octanol–water partition coefficient (Wildman–Crippen LogP) is 1.74. The Balaban J connectivity index is 2.32. The molecule has 0 saturated carbocycles. The standard InChI is InChI=1S/C10H18O2/c1-7(2)4-10(11)9-5-8(3)12-6-9/h8-11H,1,4-6H2,2-3H3.